The van der Waals surface area contributed by atoms with Crippen molar-refractivity contribution in [3.63, 3.8) is 0 Å². The Bertz CT molecular complexity index is 1250. The molecule has 1 atom stereocenters. The van der Waals surface area contributed by atoms with Gasteiger partial charge in [0, 0.05) is 11.0 Å². The van der Waals surface area contributed by atoms with Crippen molar-refractivity contribution in [3.8, 4) is 0 Å². The summed E-state index contributed by atoms with van der Waals surface area (Å²) in [5, 5.41) is 11.7. The molecule has 2 heterocycles. The number of benzene rings is 3. The summed E-state index contributed by atoms with van der Waals surface area (Å²) in [6.07, 6.45) is -0.378. The van der Waals surface area contributed by atoms with Crippen LogP contribution in [-0.2, 0) is 10.5 Å². The molecule has 0 saturated carbocycles. The van der Waals surface area contributed by atoms with Crippen molar-refractivity contribution in [2.75, 3.05) is 0 Å². The first-order valence-corrected chi connectivity index (χ1v) is 10.8. The highest BCUT2D eigenvalue weighted by Gasteiger charge is 2.34. The number of hydrogen-bond donors (Lipinski definition) is 1. The summed E-state index contributed by atoms with van der Waals surface area (Å²) in [5.74, 6) is 0.575. The van der Waals surface area contributed by atoms with E-state index in [1.807, 2.05) is 54.6 Å². The Labute approximate surface area is 178 Å². The Hall–Kier alpha value is -3.38. The number of nitrogens with one attached hydrogen (secondary N) is 1. The molecule has 0 aromatic heterocycles. The number of aryl methyl sites for hydroxylation is 1. The van der Waals surface area contributed by atoms with Crippen LogP contribution in [-0.4, -0.2) is 16.1 Å². The number of hydrazone groups is 1. The molecule has 1 unspecified atom stereocenters. The Morgan fingerprint density at radius 3 is 2.50 bits per heavy atom. The molecule has 5 nitrogen and oxygen atoms in total. The molecule has 6 heteroatoms. The largest absolute Gasteiger partial charge is 0.298 e. The first-order chi connectivity index (χ1) is 14.7. The summed E-state index contributed by atoms with van der Waals surface area (Å²) in [7, 11) is 0. The van der Waals surface area contributed by atoms with Gasteiger partial charge in [0.15, 0.2) is 11.3 Å². The van der Waals surface area contributed by atoms with Gasteiger partial charge in [0.2, 0.25) is 0 Å². The summed E-state index contributed by atoms with van der Waals surface area (Å²) < 4.78 is 0. The Kier molecular flexibility index (Phi) is 4.85. The predicted molar refractivity (Wildman–Crippen MR) is 120 cm³/mol. The van der Waals surface area contributed by atoms with Crippen LogP contribution >= 0.6 is 11.8 Å². The van der Waals surface area contributed by atoms with Crippen molar-refractivity contribution in [3.05, 3.63) is 106 Å². The molecule has 1 amide bonds. The Balaban J connectivity index is 1.54. The van der Waals surface area contributed by atoms with Crippen LogP contribution in [0.2, 0.25) is 0 Å². The lowest BCUT2D eigenvalue weighted by Crippen LogP contribution is -2.50. The van der Waals surface area contributed by atoms with E-state index in [9.17, 15) is 4.79 Å². The molecule has 2 aliphatic heterocycles. The van der Waals surface area contributed by atoms with Crippen LogP contribution in [0.4, 0.5) is 0 Å². The monoisotopic (exact) mass is 412 g/mol. The number of fused-ring (bicyclic) bond motifs is 2. The predicted octanol–water partition coefficient (Wildman–Crippen LogP) is 3.07. The molecule has 2 aliphatic rings. The van der Waals surface area contributed by atoms with E-state index in [-0.39, 0.29) is 12.1 Å². The van der Waals surface area contributed by atoms with Crippen LogP contribution in [0.1, 0.15) is 22.9 Å². The number of carbonyl (C=O) groups is 1. The maximum atomic E-state index is 13.1. The molecule has 148 valence electrons. The van der Waals surface area contributed by atoms with Crippen molar-refractivity contribution in [1.82, 2.24) is 10.3 Å². The zero-order valence-corrected chi connectivity index (χ0v) is 17.3. The lowest BCUT2D eigenvalue weighted by molar-refractivity contribution is -0.116. The van der Waals surface area contributed by atoms with E-state index < -0.39 is 0 Å². The van der Waals surface area contributed by atoms with Gasteiger partial charge in [0.05, 0.1) is 5.36 Å². The van der Waals surface area contributed by atoms with Gasteiger partial charge < -0.3 is 0 Å². The maximum Gasteiger partial charge on any atom is 0.276 e. The smallest absolute Gasteiger partial charge is 0.276 e. The van der Waals surface area contributed by atoms with Gasteiger partial charge in [-0.05, 0) is 24.1 Å². The molecule has 0 bridgehead atoms. The van der Waals surface area contributed by atoms with E-state index in [0.717, 1.165) is 21.9 Å². The number of carbonyl (C=O) groups excluding carboxylic acids is 1. The Morgan fingerprint density at radius 2 is 1.70 bits per heavy atom. The molecule has 5 rings (SSSR count). The SMILES string of the molecule is Cc1ccc(CSC2=NN3C(=c4ccccc4=NC3c3ccccc3)C(=O)N2)cc1. The van der Waals surface area contributed by atoms with Gasteiger partial charge in [0.1, 0.15) is 5.70 Å². The summed E-state index contributed by atoms with van der Waals surface area (Å²) in [6.45, 7) is 2.07. The zero-order chi connectivity index (χ0) is 20.5. The highest BCUT2D eigenvalue weighted by molar-refractivity contribution is 8.13. The second-order valence-electron chi connectivity index (χ2n) is 7.26. The fourth-order valence-electron chi connectivity index (χ4n) is 3.57. The number of hydrogen-bond acceptors (Lipinski definition) is 5. The van der Waals surface area contributed by atoms with Gasteiger partial charge in [-0.25, -0.2) is 5.01 Å². The summed E-state index contributed by atoms with van der Waals surface area (Å²) in [6, 6.07) is 26.1. The molecular weight excluding hydrogens is 392 g/mol. The van der Waals surface area contributed by atoms with Gasteiger partial charge in [-0.2, -0.15) is 0 Å². The minimum atomic E-state index is -0.378. The number of para-hydroxylation sites is 1. The molecule has 0 radical (unpaired) electrons. The summed E-state index contributed by atoms with van der Waals surface area (Å²) in [5.41, 5.74) is 3.94. The normalized spacial score (nSPS) is 17.4. The fourth-order valence-corrected chi connectivity index (χ4v) is 4.38. The lowest BCUT2D eigenvalue weighted by atomic mass is 10.1. The molecule has 30 heavy (non-hydrogen) atoms. The minimum Gasteiger partial charge on any atom is -0.298 e. The van der Waals surface area contributed by atoms with E-state index >= 15 is 0 Å². The fraction of sp³-hybridized carbons (Fsp3) is 0.125. The van der Waals surface area contributed by atoms with Gasteiger partial charge in [-0.1, -0.05) is 90.1 Å². The number of amides is 1. The van der Waals surface area contributed by atoms with Crippen LogP contribution in [0.25, 0.3) is 5.70 Å². The van der Waals surface area contributed by atoms with Crippen LogP contribution in [0.5, 0.6) is 0 Å². The zero-order valence-electron chi connectivity index (χ0n) is 16.4. The number of rotatable bonds is 3. The number of thioether (sulfide) groups is 1. The van der Waals surface area contributed by atoms with Crippen molar-refractivity contribution < 1.29 is 4.79 Å². The molecule has 3 aromatic carbocycles. The van der Waals surface area contributed by atoms with Crippen LogP contribution in [0, 0.1) is 6.92 Å². The highest BCUT2D eigenvalue weighted by atomic mass is 32.2. The molecule has 0 aliphatic carbocycles. The topological polar surface area (TPSA) is 57.1 Å². The second kappa shape index (κ2) is 7.80. The quantitative estimate of drug-likeness (QED) is 0.719. The molecular formula is C24H20N4OS. The molecule has 0 saturated heterocycles. The third kappa shape index (κ3) is 3.50. The minimum absolute atomic E-state index is 0.153. The molecule has 1 N–H and O–H groups in total. The molecule has 0 fully saturated rings. The molecule has 0 spiro atoms. The van der Waals surface area contributed by atoms with Crippen molar-refractivity contribution in [2.24, 2.45) is 10.1 Å². The Morgan fingerprint density at radius 1 is 0.967 bits per heavy atom. The van der Waals surface area contributed by atoms with E-state index in [4.69, 9.17) is 10.1 Å². The molecule has 3 aromatic rings. The van der Waals surface area contributed by atoms with E-state index in [0.29, 0.717) is 10.9 Å². The van der Waals surface area contributed by atoms with Gasteiger partial charge in [-0.3, -0.25) is 15.1 Å². The van der Waals surface area contributed by atoms with Crippen LogP contribution in [0.3, 0.4) is 0 Å². The van der Waals surface area contributed by atoms with Gasteiger partial charge >= 0.3 is 0 Å². The van der Waals surface area contributed by atoms with Crippen molar-refractivity contribution in [1.29, 1.82) is 0 Å². The average Bonchev–Trinajstić information content (AvgIpc) is 2.78. The highest BCUT2D eigenvalue weighted by Crippen LogP contribution is 2.30. The number of amidine groups is 1. The summed E-state index contributed by atoms with van der Waals surface area (Å²) in [4.78, 5) is 18.0. The summed E-state index contributed by atoms with van der Waals surface area (Å²) >= 11 is 1.52. The van der Waals surface area contributed by atoms with E-state index in [1.54, 1.807) is 5.01 Å². The van der Waals surface area contributed by atoms with E-state index in [1.165, 1.54) is 22.9 Å². The maximum absolute atomic E-state index is 13.1. The number of nitrogens with zero attached hydrogens (tertiary/aromatic N) is 3. The third-order valence-corrected chi connectivity index (χ3v) is 6.04. The first kappa shape index (κ1) is 18.6. The van der Waals surface area contributed by atoms with Gasteiger partial charge in [0.25, 0.3) is 5.91 Å². The van der Waals surface area contributed by atoms with E-state index in [2.05, 4.69) is 36.5 Å². The van der Waals surface area contributed by atoms with Crippen molar-refractivity contribution >= 4 is 28.5 Å². The lowest BCUT2D eigenvalue weighted by Gasteiger charge is -2.34. The van der Waals surface area contributed by atoms with Crippen LogP contribution in [0.15, 0.2) is 89.0 Å². The average molecular weight is 413 g/mol. The standard InChI is InChI=1S/C24H20N4OS/c1-16-11-13-17(14-12-16)15-30-24-26-23(29)21-19-9-5-6-10-20(19)25-22(28(21)27-24)18-7-3-2-4-8-18/h2-14,22H,15H2,1H3,(H,26,27,29). The van der Waals surface area contributed by atoms with Gasteiger partial charge in [-0.15, -0.1) is 5.10 Å². The first-order valence-electron chi connectivity index (χ1n) is 9.79. The van der Waals surface area contributed by atoms with Crippen LogP contribution < -0.4 is 15.9 Å². The van der Waals surface area contributed by atoms with Crippen molar-refractivity contribution in [2.45, 2.75) is 18.8 Å². The second-order valence-corrected chi connectivity index (χ2v) is 8.22. The third-order valence-electron chi connectivity index (χ3n) is 5.11.